The lowest BCUT2D eigenvalue weighted by Crippen LogP contribution is -2.54. The van der Waals surface area contributed by atoms with E-state index in [2.05, 4.69) is 19.0 Å². The predicted octanol–water partition coefficient (Wildman–Crippen LogP) is 0.994. The summed E-state index contributed by atoms with van der Waals surface area (Å²) < 4.78 is 1.03. The summed E-state index contributed by atoms with van der Waals surface area (Å²) in [6.45, 7) is 4.07. The molecule has 0 aliphatic carbocycles. The number of phenolic OH excluding ortho intramolecular Hbond substituents is 2. The topological polar surface area (TPSA) is 43.7 Å². The third-order valence-electron chi connectivity index (χ3n) is 3.20. The second kappa shape index (κ2) is 3.87. The molecule has 0 atom stereocenters. The van der Waals surface area contributed by atoms with Crippen LogP contribution < -0.4 is 4.90 Å². The maximum Gasteiger partial charge on any atom is 0.121 e. The zero-order valence-corrected chi connectivity index (χ0v) is 9.85. The van der Waals surface area contributed by atoms with Crippen LogP contribution in [0.15, 0.2) is 18.2 Å². The number of likely N-dealkylation sites (N-methyl/N-ethyl adjacent to an activating group) is 1. The monoisotopic (exact) mass is 223 g/mol. The SMILES string of the molecule is C[N+]1(C)CCN(c2cc(O)cc(O)c2)CC1. The van der Waals surface area contributed by atoms with Crippen molar-refractivity contribution >= 4 is 5.69 Å². The summed E-state index contributed by atoms with van der Waals surface area (Å²) in [6, 6.07) is 4.75. The molecule has 2 rings (SSSR count). The highest BCUT2D eigenvalue weighted by Crippen LogP contribution is 2.27. The zero-order valence-electron chi connectivity index (χ0n) is 9.85. The van der Waals surface area contributed by atoms with Crippen molar-refractivity contribution in [3.63, 3.8) is 0 Å². The number of aromatic hydroxyl groups is 2. The van der Waals surface area contributed by atoms with Gasteiger partial charge < -0.3 is 19.6 Å². The smallest absolute Gasteiger partial charge is 0.121 e. The maximum atomic E-state index is 9.44. The Bertz CT molecular complexity index is 360. The molecule has 0 radical (unpaired) electrons. The van der Waals surface area contributed by atoms with Crippen molar-refractivity contribution in [2.45, 2.75) is 0 Å². The summed E-state index contributed by atoms with van der Waals surface area (Å²) in [5, 5.41) is 18.9. The van der Waals surface area contributed by atoms with Crippen LogP contribution in [0.3, 0.4) is 0 Å². The highest BCUT2D eigenvalue weighted by atomic mass is 16.3. The molecule has 1 aromatic rings. The van der Waals surface area contributed by atoms with Crippen molar-refractivity contribution in [1.82, 2.24) is 0 Å². The lowest BCUT2D eigenvalue weighted by atomic mass is 10.2. The van der Waals surface area contributed by atoms with Crippen LogP contribution in [-0.2, 0) is 0 Å². The minimum absolute atomic E-state index is 0.120. The van der Waals surface area contributed by atoms with Gasteiger partial charge in [-0.05, 0) is 0 Å². The Morgan fingerprint density at radius 3 is 2.00 bits per heavy atom. The average Bonchev–Trinajstić information content (AvgIpc) is 2.15. The van der Waals surface area contributed by atoms with Gasteiger partial charge in [-0.1, -0.05) is 0 Å². The summed E-state index contributed by atoms with van der Waals surface area (Å²) in [4.78, 5) is 2.20. The molecule has 0 amide bonds. The van der Waals surface area contributed by atoms with Gasteiger partial charge >= 0.3 is 0 Å². The van der Waals surface area contributed by atoms with Crippen LogP contribution in [0.25, 0.3) is 0 Å². The van der Waals surface area contributed by atoms with Crippen LogP contribution in [0.1, 0.15) is 0 Å². The molecule has 0 aromatic heterocycles. The van der Waals surface area contributed by atoms with Crippen molar-refractivity contribution in [3.8, 4) is 11.5 Å². The van der Waals surface area contributed by atoms with Gasteiger partial charge in [0, 0.05) is 23.9 Å². The fourth-order valence-electron chi connectivity index (χ4n) is 2.03. The van der Waals surface area contributed by atoms with Crippen LogP contribution >= 0.6 is 0 Å². The minimum Gasteiger partial charge on any atom is -0.508 e. The number of nitrogens with zero attached hydrogens (tertiary/aromatic N) is 2. The lowest BCUT2D eigenvalue weighted by Gasteiger charge is -2.40. The van der Waals surface area contributed by atoms with Crippen LogP contribution in [-0.4, -0.2) is 55.0 Å². The third-order valence-corrected chi connectivity index (χ3v) is 3.20. The van der Waals surface area contributed by atoms with Gasteiger partial charge in [-0.3, -0.25) is 0 Å². The first-order valence-corrected chi connectivity index (χ1v) is 5.56. The Hall–Kier alpha value is -1.42. The molecule has 16 heavy (non-hydrogen) atoms. The Kier molecular flexibility index (Phi) is 2.68. The number of hydrogen-bond donors (Lipinski definition) is 2. The Morgan fingerprint density at radius 2 is 1.50 bits per heavy atom. The molecule has 0 spiro atoms. The summed E-state index contributed by atoms with van der Waals surface area (Å²) in [5.74, 6) is 0.239. The van der Waals surface area contributed by atoms with Gasteiger partial charge in [0.15, 0.2) is 0 Å². The number of piperazine rings is 1. The molecule has 2 N–H and O–H groups in total. The number of hydrogen-bond acceptors (Lipinski definition) is 3. The highest BCUT2D eigenvalue weighted by molar-refractivity contribution is 5.55. The molecule has 1 aromatic carbocycles. The van der Waals surface area contributed by atoms with Crippen molar-refractivity contribution in [1.29, 1.82) is 0 Å². The van der Waals surface area contributed by atoms with Crippen molar-refractivity contribution in [2.75, 3.05) is 45.2 Å². The van der Waals surface area contributed by atoms with Gasteiger partial charge in [0.2, 0.25) is 0 Å². The predicted molar refractivity (Wildman–Crippen MR) is 63.8 cm³/mol. The molecular formula is C12H19N2O2+. The quantitative estimate of drug-likeness (QED) is 0.698. The third kappa shape index (κ3) is 2.39. The Labute approximate surface area is 95.9 Å². The van der Waals surface area contributed by atoms with E-state index in [1.165, 1.54) is 6.07 Å². The number of phenols is 2. The van der Waals surface area contributed by atoms with Crippen LogP contribution in [0.5, 0.6) is 11.5 Å². The largest absolute Gasteiger partial charge is 0.508 e. The molecule has 4 nitrogen and oxygen atoms in total. The molecule has 0 saturated carbocycles. The normalized spacial score (nSPS) is 19.8. The zero-order chi connectivity index (χ0) is 11.8. The van der Waals surface area contributed by atoms with Crippen molar-refractivity contribution in [3.05, 3.63) is 18.2 Å². The highest BCUT2D eigenvalue weighted by Gasteiger charge is 2.24. The van der Waals surface area contributed by atoms with E-state index in [1.54, 1.807) is 12.1 Å². The molecule has 1 saturated heterocycles. The molecule has 88 valence electrons. The van der Waals surface area contributed by atoms with Crippen LogP contribution in [0.2, 0.25) is 0 Å². The summed E-state index contributed by atoms with van der Waals surface area (Å²) in [5.41, 5.74) is 0.900. The van der Waals surface area contributed by atoms with E-state index >= 15 is 0 Å². The molecule has 1 aliphatic heterocycles. The average molecular weight is 223 g/mol. The number of anilines is 1. The molecule has 1 aliphatic rings. The van der Waals surface area contributed by atoms with E-state index in [9.17, 15) is 10.2 Å². The van der Waals surface area contributed by atoms with E-state index in [0.29, 0.717) is 0 Å². The van der Waals surface area contributed by atoms with Crippen LogP contribution in [0, 0.1) is 0 Å². The lowest BCUT2D eigenvalue weighted by molar-refractivity contribution is -0.890. The Morgan fingerprint density at radius 1 is 1.00 bits per heavy atom. The summed E-state index contributed by atoms with van der Waals surface area (Å²) in [7, 11) is 4.44. The summed E-state index contributed by atoms with van der Waals surface area (Å²) in [6.07, 6.45) is 0. The van der Waals surface area contributed by atoms with Crippen molar-refractivity contribution in [2.24, 2.45) is 0 Å². The number of quaternary nitrogens is 1. The van der Waals surface area contributed by atoms with E-state index in [-0.39, 0.29) is 11.5 Å². The molecule has 1 fully saturated rings. The van der Waals surface area contributed by atoms with Gasteiger partial charge in [0.25, 0.3) is 0 Å². The van der Waals surface area contributed by atoms with Gasteiger partial charge in [-0.25, -0.2) is 0 Å². The molecule has 1 heterocycles. The fourth-order valence-corrected chi connectivity index (χ4v) is 2.03. The maximum absolute atomic E-state index is 9.44. The first-order chi connectivity index (χ1) is 7.46. The van der Waals surface area contributed by atoms with Gasteiger partial charge in [0.05, 0.1) is 40.3 Å². The first-order valence-electron chi connectivity index (χ1n) is 5.56. The fraction of sp³-hybridized carbons (Fsp3) is 0.500. The molecule has 0 unspecified atom stereocenters. The molecule has 0 bridgehead atoms. The van der Waals surface area contributed by atoms with E-state index in [1.807, 2.05) is 0 Å². The van der Waals surface area contributed by atoms with Gasteiger partial charge in [-0.2, -0.15) is 0 Å². The minimum atomic E-state index is 0.120. The molecular weight excluding hydrogens is 204 g/mol. The molecule has 4 heteroatoms. The van der Waals surface area contributed by atoms with E-state index in [0.717, 1.165) is 36.3 Å². The van der Waals surface area contributed by atoms with Crippen molar-refractivity contribution < 1.29 is 14.7 Å². The van der Waals surface area contributed by atoms with Crippen LogP contribution in [0.4, 0.5) is 5.69 Å². The number of rotatable bonds is 1. The van der Waals surface area contributed by atoms with Gasteiger partial charge in [0.1, 0.15) is 11.5 Å². The first kappa shape index (κ1) is 11.1. The standard InChI is InChI=1S/C12H18N2O2/c1-14(2)5-3-13(4-6-14)10-7-11(15)9-12(16)8-10/h7-9H,3-6H2,1-2H3,(H-,15,16)/p+1. The Balaban J connectivity index is 2.14. The van der Waals surface area contributed by atoms with Gasteiger partial charge in [-0.15, -0.1) is 0 Å². The van der Waals surface area contributed by atoms with E-state index < -0.39 is 0 Å². The number of benzene rings is 1. The van der Waals surface area contributed by atoms with E-state index in [4.69, 9.17) is 0 Å². The second-order valence-corrected chi connectivity index (χ2v) is 5.08. The summed E-state index contributed by atoms with van der Waals surface area (Å²) >= 11 is 0. The second-order valence-electron chi connectivity index (χ2n) is 5.08.